The summed E-state index contributed by atoms with van der Waals surface area (Å²) in [5.41, 5.74) is 4.87. The van der Waals surface area contributed by atoms with Crippen LogP contribution < -0.4 is 5.32 Å². The molecule has 0 unspecified atom stereocenters. The Morgan fingerprint density at radius 2 is 2.00 bits per heavy atom. The number of H-pyrrole nitrogens is 2. The minimum Gasteiger partial charge on any atom is -0.348 e. The van der Waals surface area contributed by atoms with Crippen molar-refractivity contribution in [2.75, 3.05) is 0 Å². The molecule has 0 aliphatic heterocycles. The predicted octanol–water partition coefficient (Wildman–Crippen LogP) is 2.35. The first kappa shape index (κ1) is 14.1. The third-order valence-corrected chi connectivity index (χ3v) is 3.63. The van der Waals surface area contributed by atoms with Crippen LogP contribution in [0, 0.1) is 13.8 Å². The van der Waals surface area contributed by atoms with Gasteiger partial charge in [0.2, 0.25) is 0 Å². The number of nitrogens with zero attached hydrogens (tertiary/aromatic N) is 2. The Morgan fingerprint density at radius 1 is 1.23 bits per heavy atom. The standard InChI is InChI=1S/C16H17N5O/c1-10-14(12-6-4-3-5-7-12)20-21-15(10)16(22)17-8-13-11(2)18-9-19-13/h3-7,9H,8H2,1-2H3,(H,17,22)(H,18,19)(H,20,21). The summed E-state index contributed by atoms with van der Waals surface area (Å²) in [5.74, 6) is -0.186. The second-order valence-electron chi connectivity index (χ2n) is 5.10. The van der Waals surface area contributed by atoms with Crippen LogP contribution in [-0.2, 0) is 6.54 Å². The number of aryl methyl sites for hydroxylation is 1. The van der Waals surface area contributed by atoms with Crippen LogP contribution in [-0.4, -0.2) is 26.1 Å². The third-order valence-electron chi connectivity index (χ3n) is 3.63. The van der Waals surface area contributed by atoms with Crippen molar-refractivity contribution in [3.8, 4) is 11.3 Å². The molecule has 22 heavy (non-hydrogen) atoms. The molecule has 0 aliphatic rings. The van der Waals surface area contributed by atoms with Crippen LogP contribution in [0.4, 0.5) is 0 Å². The van der Waals surface area contributed by atoms with E-state index >= 15 is 0 Å². The van der Waals surface area contributed by atoms with Crippen LogP contribution in [0.5, 0.6) is 0 Å². The smallest absolute Gasteiger partial charge is 0.269 e. The topological polar surface area (TPSA) is 86.5 Å². The van der Waals surface area contributed by atoms with Crippen molar-refractivity contribution in [2.24, 2.45) is 0 Å². The van der Waals surface area contributed by atoms with Gasteiger partial charge < -0.3 is 10.3 Å². The summed E-state index contributed by atoms with van der Waals surface area (Å²) in [7, 11) is 0. The minimum atomic E-state index is -0.186. The number of aromatic amines is 2. The van der Waals surface area contributed by atoms with Gasteiger partial charge in [-0.1, -0.05) is 30.3 Å². The summed E-state index contributed by atoms with van der Waals surface area (Å²) in [6.07, 6.45) is 1.62. The van der Waals surface area contributed by atoms with Gasteiger partial charge in [0.05, 0.1) is 24.3 Å². The summed E-state index contributed by atoms with van der Waals surface area (Å²) in [6.45, 7) is 4.19. The van der Waals surface area contributed by atoms with Gasteiger partial charge in [0, 0.05) is 16.8 Å². The lowest BCUT2D eigenvalue weighted by atomic mass is 10.1. The Labute approximate surface area is 128 Å². The molecule has 0 radical (unpaired) electrons. The van der Waals surface area contributed by atoms with E-state index in [1.54, 1.807) is 6.33 Å². The summed E-state index contributed by atoms with van der Waals surface area (Å²) in [4.78, 5) is 19.4. The summed E-state index contributed by atoms with van der Waals surface area (Å²) >= 11 is 0. The molecule has 0 aliphatic carbocycles. The van der Waals surface area contributed by atoms with Crippen LogP contribution in [0.3, 0.4) is 0 Å². The van der Waals surface area contributed by atoms with E-state index in [9.17, 15) is 4.79 Å². The Kier molecular flexibility index (Phi) is 3.74. The Balaban J connectivity index is 1.77. The molecule has 6 nitrogen and oxygen atoms in total. The highest BCUT2D eigenvalue weighted by molar-refractivity contribution is 5.95. The monoisotopic (exact) mass is 295 g/mol. The zero-order valence-corrected chi connectivity index (χ0v) is 12.5. The molecule has 0 spiro atoms. The largest absolute Gasteiger partial charge is 0.348 e. The number of imidazole rings is 1. The highest BCUT2D eigenvalue weighted by Crippen LogP contribution is 2.22. The molecule has 3 aromatic rings. The van der Waals surface area contributed by atoms with E-state index in [1.165, 1.54) is 0 Å². The lowest BCUT2D eigenvalue weighted by molar-refractivity contribution is 0.0945. The van der Waals surface area contributed by atoms with Gasteiger partial charge in [-0.05, 0) is 13.8 Å². The second kappa shape index (κ2) is 5.85. The molecule has 0 saturated carbocycles. The Morgan fingerprint density at radius 3 is 2.68 bits per heavy atom. The number of aromatic nitrogens is 4. The van der Waals surface area contributed by atoms with Gasteiger partial charge in [-0.25, -0.2) is 4.98 Å². The van der Waals surface area contributed by atoms with Crippen molar-refractivity contribution < 1.29 is 4.79 Å². The maximum absolute atomic E-state index is 12.3. The number of amides is 1. The van der Waals surface area contributed by atoms with Gasteiger partial charge >= 0.3 is 0 Å². The van der Waals surface area contributed by atoms with E-state index in [-0.39, 0.29) is 5.91 Å². The lowest BCUT2D eigenvalue weighted by Crippen LogP contribution is -2.24. The summed E-state index contributed by atoms with van der Waals surface area (Å²) in [5, 5.41) is 9.94. The van der Waals surface area contributed by atoms with E-state index < -0.39 is 0 Å². The van der Waals surface area contributed by atoms with Crippen molar-refractivity contribution in [1.29, 1.82) is 0 Å². The van der Waals surface area contributed by atoms with Gasteiger partial charge in [-0.15, -0.1) is 0 Å². The number of hydrogen-bond donors (Lipinski definition) is 3. The molecule has 3 rings (SSSR count). The molecule has 0 saturated heterocycles. The highest BCUT2D eigenvalue weighted by atomic mass is 16.1. The molecule has 0 atom stereocenters. The number of hydrogen-bond acceptors (Lipinski definition) is 3. The third kappa shape index (κ3) is 2.63. The molecule has 3 N–H and O–H groups in total. The molecular formula is C16H17N5O. The van der Waals surface area contributed by atoms with Crippen LogP contribution in [0.2, 0.25) is 0 Å². The Hall–Kier alpha value is -2.89. The maximum atomic E-state index is 12.3. The van der Waals surface area contributed by atoms with Crippen LogP contribution in [0.25, 0.3) is 11.3 Å². The predicted molar refractivity (Wildman–Crippen MR) is 83.3 cm³/mol. The number of benzene rings is 1. The first-order chi connectivity index (χ1) is 10.7. The van der Waals surface area contributed by atoms with Gasteiger partial charge in [-0.3, -0.25) is 9.89 Å². The van der Waals surface area contributed by atoms with Crippen molar-refractivity contribution in [3.63, 3.8) is 0 Å². The Bertz CT molecular complexity index is 788. The molecule has 0 bridgehead atoms. The minimum absolute atomic E-state index is 0.186. The highest BCUT2D eigenvalue weighted by Gasteiger charge is 2.17. The molecule has 1 aromatic carbocycles. The molecule has 0 fully saturated rings. The summed E-state index contributed by atoms with van der Waals surface area (Å²) in [6, 6.07) is 9.79. The average Bonchev–Trinajstić information content (AvgIpc) is 3.12. The van der Waals surface area contributed by atoms with E-state index in [4.69, 9.17) is 0 Å². The summed E-state index contributed by atoms with van der Waals surface area (Å²) < 4.78 is 0. The van der Waals surface area contributed by atoms with E-state index in [0.29, 0.717) is 12.2 Å². The molecular weight excluding hydrogens is 278 g/mol. The van der Waals surface area contributed by atoms with Crippen molar-refractivity contribution in [1.82, 2.24) is 25.5 Å². The zero-order valence-electron chi connectivity index (χ0n) is 12.5. The van der Waals surface area contributed by atoms with Gasteiger partial charge in [0.15, 0.2) is 0 Å². The van der Waals surface area contributed by atoms with E-state index in [2.05, 4.69) is 25.5 Å². The lowest BCUT2D eigenvalue weighted by Gasteiger charge is -2.03. The van der Waals surface area contributed by atoms with Crippen LogP contribution in [0.1, 0.15) is 27.4 Å². The molecule has 6 heteroatoms. The van der Waals surface area contributed by atoms with Crippen molar-refractivity contribution in [2.45, 2.75) is 20.4 Å². The zero-order chi connectivity index (χ0) is 15.5. The number of rotatable bonds is 4. The fourth-order valence-electron chi connectivity index (χ4n) is 2.31. The van der Waals surface area contributed by atoms with Crippen LogP contribution >= 0.6 is 0 Å². The van der Waals surface area contributed by atoms with Gasteiger partial charge in [-0.2, -0.15) is 5.10 Å². The van der Waals surface area contributed by atoms with Gasteiger partial charge in [0.25, 0.3) is 5.91 Å². The molecule has 2 aromatic heterocycles. The fraction of sp³-hybridized carbons (Fsp3) is 0.188. The van der Waals surface area contributed by atoms with E-state index in [0.717, 1.165) is 28.2 Å². The van der Waals surface area contributed by atoms with E-state index in [1.807, 2.05) is 44.2 Å². The first-order valence-electron chi connectivity index (χ1n) is 7.04. The normalized spacial score (nSPS) is 10.6. The molecule has 1 amide bonds. The molecule has 112 valence electrons. The van der Waals surface area contributed by atoms with Crippen molar-refractivity contribution >= 4 is 5.91 Å². The number of nitrogens with one attached hydrogen (secondary N) is 3. The maximum Gasteiger partial charge on any atom is 0.269 e. The first-order valence-corrected chi connectivity index (χ1v) is 7.04. The average molecular weight is 295 g/mol. The molecule has 2 heterocycles. The SMILES string of the molecule is Cc1[nH]cnc1CNC(=O)c1[nH]nc(-c2ccccc2)c1C. The van der Waals surface area contributed by atoms with Gasteiger partial charge in [0.1, 0.15) is 5.69 Å². The quantitative estimate of drug-likeness (QED) is 0.690. The second-order valence-corrected chi connectivity index (χ2v) is 5.10. The number of carbonyl (C=O) groups is 1. The fourth-order valence-corrected chi connectivity index (χ4v) is 2.31. The van der Waals surface area contributed by atoms with Crippen LogP contribution in [0.15, 0.2) is 36.7 Å². The number of carbonyl (C=O) groups excluding carboxylic acids is 1. The van der Waals surface area contributed by atoms with Crippen molar-refractivity contribution in [3.05, 3.63) is 59.3 Å².